The summed E-state index contributed by atoms with van der Waals surface area (Å²) < 4.78 is 0. The zero-order chi connectivity index (χ0) is 14.4. The lowest BCUT2D eigenvalue weighted by atomic mass is 10.0. The Kier molecular flexibility index (Phi) is 6.06. The number of hydrogen-bond acceptors (Lipinski definition) is 2. The standard InChI is InChI=1S/C18H29NO/c1-3-7-16-9-11-17(12-10-16)18(20)14-19-13-6-4-5-8-15(19)2/h9-12,15,18,20H,3-8,13-14H2,1-2H3. The second kappa shape index (κ2) is 7.80. The van der Waals surface area contributed by atoms with E-state index < -0.39 is 0 Å². The quantitative estimate of drug-likeness (QED) is 0.880. The molecule has 112 valence electrons. The Hall–Kier alpha value is -0.860. The predicted octanol–water partition coefficient (Wildman–Crippen LogP) is 3.94. The predicted molar refractivity (Wildman–Crippen MR) is 84.9 cm³/mol. The molecule has 2 atom stereocenters. The van der Waals surface area contributed by atoms with Crippen molar-refractivity contribution < 1.29 is 5.11 Å². The monoisotopic (exact) mass is 275 g/mol. The van der Waals surface area contributed by atoms with Gasteiger partial charge in [-0.1, -0.05) is 50.5 Å². The van der Waals surface area contributed by atoms with Gasteiger partial charge in [0.25, 0.3) is 0 Å². The van der Waals surface area contributed by atoms with Crippen LogP contribution < -0.4 is 0 Å². The summed E-state index contributed by atoms with van der Waals surface area (Å²) in [7, 11) is 0. The summed E-state index contributed by atoms with van der Waals surface area (Å²) >= 11 is 0. The number of aryl methyl sites for hydroxylation is 1. The van der Waals surface area contributed by atoms with Gasteiger partial charge in [-0.2, -0.15) is 0 Å². The van der Waals surface area contributed by atoms with Crippen LogP contribution in [0.15, 0.2) is 24.3 Å². The number of benzene rings is 1. The molecule has 1 aliphatic rings. The number of likely N-dealkylation sites (tertiary alicyclic amines) is 1. The molecule has 0 saturated carbocycles. The lowest BCUT2D eigenvalue weighted by molar-refractivity contribution is 0.0928. The molecule has 1 heterocycles. The van der Waals surface area contributed by atoms with Gasteiger partial charge in [-0.15, -0.1) is 0 Å². The van der Waals surface area contributed by atoms with Crippen molar-refractivity contribution in [2.75, 3.05) is 13.1 Å². The second-order valence-electron chi connectivity index (χ2n) is 6.20. The molecule has 1 fully saturated rings. The summed E-state index contributed by atoms with van der Waals surface area (Å²) in [6.07, 6.45) is 7.15. The van der Waals surface area contributed by atoms with Gasteiger partial charge in [0.15, 0.2) is 0 Å². The normalized spacial score (nSPS) is 22.4. The maximum atomic E-state index is 10.5. The third-order valence-electron chi connectivity index (χ3n) is 4.50. The Morgan fingerprint density at radius 2 is 1.95 bits per heavy atom. The van der Waals surface area contributed by atoms with Gasteiger partial charge in [-0.3, -0.25) is 4.90 Å². The highest BCUT2D eigenvalue weighted by atomic mass is 16.3. The maximum Gasteiger partial charge on any atom is 0.0917 e. The SMILES string of the molecule is CCCc1ccc(C(O)CN2CCCCCC2C)cc1. The van der Waals surface area contributed by atoms with Gasteiger partial charge in [0, 0.05) is 12.6 Å². The number of aliphatic hydroxyl groups is 1. The van der Waals surface area contributed by atoms with Gasteiger partial charge >= 0.3 is 0 Å². The fraction of sp³-hybridized carbons (Fsp3) is 0.667. The van der Waals surface area contributed by atoms with E-state index in [2.05, 4.69) is 43.0 Å². The van der Waals surface area contributed by atoms with Crippen LogP contribution in [0, 0.1) is 0 Å². The van der Waals surface area contributed by atoms with Crippen LogP contribution >= 0.6 is 0 Å². The van der Waals surface area contributed by atoms with Crippen molar-refractivity contribution >= 4 is 0 Å². The van der Waals surface area contributed by atoms with E-state index in [1.807, 2.05) is 0 Å². The van der Waals surface area contributed by atoms with E-state index in [1.54, 1.807) is 0 Å². The summed E-state index contributed by atoms with van der Waals surface area (Å²) in [6, 6.07) is 9.12. The largest absolute Gasteiger partial charge is 0.387 e. The highest BCUT2D eigenvalue weighted by Crippen LogP contribution is 2.21. The zero-order valence-corrected chi connectivity index (χ0v) is 13.0. The van der Waals surface area contributed by atoms with Crippen molar-refractivity contribution in [1.82, 2.24) is 4.90 Å². The molecule has 1 aliphatic heterocycles. The van der Waals surface area contributed by atoms with E-state index in [0.717, 1.165) is 25.1 Å². The van der Waals surface area contributed by atoms with E-state index in [9.17, 15) is 5.11 Å². The number of nitrogens with zero attached hydrogens (tertiary/aromatic N) is 1. The number of β-amino-alcohol motifs (C(OH)–C–C–N with tert-alkyl or cyclic N) is 1. The summed E-state index contributed by atoms with van der Waals surface area (Å²) in [4.78, 5) is 2.46. The topological polar surface area (TPSA) is 23.5 Å². The Labute approximate surface area is 123 Å². The molecule has 0 aliphatic carbocycles. The van der Waals surface area contributed by atoms with Crippen LogP contribution in [0.2, 0.25) is 0 Å². The van der Waals surface area contributed by atoms with E-state index in [0.29, 0.717) is 6.04 Å². The molecule has 2 rings (SSSR count). The first-order chi connectivity index (χ1) is 9.70. The second-order valence-corrected chi connectivity index (χ2v) is 6.20. The van der Waals surface area contributed by atoms with Gasteiger partial charge < -0.3 is 5.11 Å². The molecule has 1 saturated heterocycles. The van der Waals surface area contributed by atoms with Crippen LogP contribution in [-0.4, -0.2) is 29.1 Å². The third-order valence-corrected chi connectivity index (χ3v) is 4.50. The average Bonchev–Trinajstić information content (AvgIpc) is 2.65. The molecule has 0 aromatic heterocycles. The number of rotatable bonds is 5. The summed E-state index contributed by atoms with van der Waals surface area (Å²) in [6.45, 7) is 6.40. The number of hydrogen-bond donors (Lipinski definition) is 1. The van der Waals surface area contributed by atoms with Crippen LogP contribution in [0.4, 0.5) is 0 Å². The van der Waals surface area contributed by atoms with Gasteiger partial charge in [-0.25, -0.2) is 0 Å². The van der Waals surface area contributed by atoms with Crippen molar-refractivity contribution in [1.29, 1.82) is 0 Å². The molecule has 0 spiro atoms. The van der Waals surface area contributed by atoms with Crippen LogP contribution in [0.25, 0.3) is 0 Å². The molecule has 2 nitrogen and oxygen atoms in total. The molecule has 20 heavy (non-hydrogen) atoms. The fourth-order valence-corrected chi connectivity index (χ4v) is 3.13. The molecular formula is C18H29NO. The fourth-order valence-electron chi connectivity index (χ4n) is 3.13. The highest BCUT2D eigenvalue weighted by Gasteiger charge is 2.20. The third kappa shape index (κ3) is 4.32. The summed E-state index contributed by atoms with van der Waals surface area (Å²) in [5, 5.41) is 10.5. The van der Waals surface area contributed by atoms with Gasteiger partial charge in [0.1, 0.15) is 0 Å². The highest BCUT2D eigenvalue weighted by molar-refractivity contribution is 5.24. The van der Waals surface area contributed by atoms with E-state index >= 15 is 0 Å². The summed E-state index contributed by atoms with van der Waals surface area (Å²) in [5.41, 5.74) is 2.42. The Morgan fingerprint density at radius 1 is 1.20 bits per heavy atom. The first-order valence-corrected chi connectivity index (χ1v) is 8.21. The number of aliphatic hydroxyl groups excluding tert-OH is 1. The molecule has 2 unspecified atom stereocenters. The van der Waals surface area contributed by atoms with E-state index in [-0.39, 0.29) is 6.10 Å². The molecule has 1 N–H and O–H groups in total. The average molecular weight is 275 g/mol. The van der Waals surface area contributed by atoms with Crippen molar-refractivity contribution in [2.45, 2.75) is 64.5 Å². The first-order valence-electron chi connectivity index (χ1n) is 8.21. The molecule has 0 radical (unpaired) electrons. The van der Waals surface area contributed by atoms with Gasteiger partial charge in [-0.05, 0) is 43.9 Å². The van der Waals surface area contributed by atoms with Crippen molar-refractivity contribution in [3.63, 3.8) is 0 Å². The lowest BCUT2D eigenvalue weighted by Crippen LogP contribution is -2.36. The lowest BCUT2D eigenvalue weighted by Gasteiger charge is -2.29. The molecule has 0 bridgehead atoms. The van der Waals surface area contributed by atoms with Crippen molar-refractivity contribution in [2.24, 2.45) is 0 Å². The Bertz CT molecular complexity index is 387. The van der Waals surface area contributed by atoms with Crippen LogP contribution in [0.5, 0.6) is 0 Å². The first kappa shape index (κ1) is 15.5. The molecular weight excluding hydrogens is 246 g/mol. The summed E-state index contributed by atoms with van der Waals surface area (Å²) in [5.74, 6) is 0. The van der Waals surface area contributed by atoms with Crippen LogP contribution in [-0.2, 0) is 6.42 Å². The van der Waals surface area contributed by atoms with Crippen molar-refractivity contribution in [3.8, 4) is 0 Å². The molecule has 1 aromatic rings. The Morgan fingerprint density at radius 3 is 2.65 bits per heavy atom. The Balaban J connectivity index is 1.94. The van der Waals surface area contributed by atoms with Crippen LogP contribution in [0.1, 0.15) is 63.2 Å². The van der Waals surface area contributed by atoms with Gasteiger partial charge in [0.05, 0.1) is 6.10 Å². The van der Waals surface area contributed by atoms with E-state index in [4.69, 9.17) is 0 Å². The molecule has 0 amide bonds. The van der Waals surface area contributed by atoms with Gasteiger partial charge in [0.2, 0.25) is 0 Å². The molecule has 1 aromatic carbocycles. The smallest absolute Gasteiger partial charge is 0.0917 e. The minimum atomic E-state index is -0.355. The minimum absolute atomic E-state index is 0.355. The van der Waals surface area contributed by atoms with Crippen molar-refractivity contribution in [3.05, 3.63) is 35.4 Å². The van der Waals surface area contributed by atoms with Crippen LogP contribution in [0.3, 0.4) is 0 Å². The zero-order valence-electron chi connectivity index (χ0n) is 13.0. The minimum Gasteiger partial charge on any atom is -0.387 e. The molecule has 2 heteroatoms. The van der Waals surface area contributed by atoms with E-state index in [1.165, 1.54) is 37.7 Å². The maximum absolute atomic E-state index is 10.5.